The number of benzene rings is 1. The van der Waals surface area contributed by atoms with E-state index in [4.69, 9.17) is 14.2 Å². The third-order valence-corrected chi connectivity index (χ3v) is 9.14. The summed E-state index contributed by atoms with van der Waals surface area (Å²) in [6, 6.07) is 2.69. The number of carbonyl (C=O) groups excluding carboxylic acids is 4. The van der Waals surface area contributed by atoms with Crippen molar-refractivity contribution in [3.8, 4) is 17.6 Å². The van der Waals surface area contributed by atoms with Crippen LogP contribution in [0.1, 0.15) is 57.9 Å². The molecule has 0 bridgehead atoms. The van der Waals surface area contributed by atoms with Gasteiger partial charge in [-0.1, -0.05) is 17.9 Å². The molecule has 1 aliphatic heterocycles. The van der Waals surface area contributed by atoms with Crippen LogP contribution in [0.5, 0.6) is 5.75 Å². The molecule has 1 N–H and O–H groups in total. The standard InChI is InChI=1S/C39H50F2N6O7/c1-25(45(7)38(51)54-39(3,4)5)35(48)43-34(26(2)52-8)37(50)47-22-32(53-31-16-14-29(41)15-17-31)20-30(47)21-46(36(49)33-23-44(6)24-42-33)19-18-27-10-9-11-28(40)13-12-27/h11-17,23-27,30,32,34H,18-22H2,1-8H3,(H,43,48)/t25-,26+,27?,30-,32-,34-/m0/s1. The summed E-state index contributed by atoms with van der Waals surface area (Å²) in [6.45, 7) is 8.62. The minimum absolute atomic E-state index is 0.0563. The van der Waals surface area contributed by atoms with Crippen molar-refractivity contribution < 1.29 is 42.2 Å². The second-order valence-electron chi connectivity index (χ2n) is 14.5. The monoisotopic (exact) mass is 752 g/mol. The minimum atomic E-state index is -1.20. The lowest BCUT2D eigenvalue weighted by atomic mass is 10.0. The molecular formula is C39H50F2N6O7. The van der Waals surface area contributed by atoms with Gasteiger partial charge < -0.3 is 33.9 Å². The highest BCUT2D eigenvalue weighted by Crippen LogP contribution is 2.27. The summed E-state index contributed by atoms with van der Waals surface area (Å²) in [6.07, 6.45) is 5.85. The van der Waals surface area contributed by atoms with Crippen LogP contribution >= 0.6 is 0 Å². The van der Waals surface area contributed by atoms with Crippen molar-refractivity contribution in [2.75, 3.05) is 33.8 Å². The van der Waals surface area contributed by atoms with Gasteiger partial charge in [-0.25, -0.2) is 18.6 Å². The fourth-order valence-corrected chi connectivity index (χ4v) is 5.94. The van der Waals surface area contributed by atoms with Gasteiger partial charge in [-0.3, -0.25) is 19.3 Å². The first-order valence-electron chi connectivity index (χ1n) is 17.8. The molecule has 6 atom stereocenters. The smallest absolute Gasteiger partial charge is 0.410 e. The van der Waals surface area contributed by atoms with E-state index in [1.807, 2.05) is 0 Å². The summed E-state index contributed by atoms with van der Waals surface area (Å²) in [5.41, 5.74) is -0.591. The van der Waals surface area contributed by atoms with Crippen molar-refractivity contribution in [2.45, 2.75) is 83.4 Å². The van der Waals surface area contributed by atoms with Crippen LogP contribution in [-0.4, -0.2) is 118 Å². The number of nitrogens with zero attached hydrogens (tertiary/aromatic N) is 5. The summed E-state index contributed by atoms with van der Waals surface area (Å²) in [7, 11) is 4.59. The summed E-state index contributed by atoms with van der Waals surface area (Å²) in [5, 5.41) is 2.78. The second kappa shape index (κ2) is 18.2. The number of likely N-dealkylation sites (N-methyl/N-ethyl adjacent to an activating group) is 1. The Morgan fingerprint density at radius 3 is 2.46 bits per heavy atom. The Labute approximate surface area is 315 Å². The lowest BCUT2D eigenvalue weighted by molar-refractivity contribution is -0.142. The largest absolute Gasteiger partial charge is 0.489 e. The average molecular weight is 753 g/mol. The van der Waals surface area contributed by atoms with E-state index in [-0.39, 0.29) is 43.6 Å². The SMILES string of the molecule is CO[C@H](C)[C@H](NC(=O)[C@H](C)N(C)C(=O)OC(C)(C)C)C(=O)N1C[C@@H](Oc2ccc(F)cc2)C[C@H]1CN(CCC1C#CC=C(F)C=C1)C(=O)c1cn(C)cn1. The molecule has 292 valence electrons. The fraction of sp³-hybridized carbons (Fsp3) is 0.513. The number of hydrogen-bond donors (Lipinski definition) is 1. The highest BCUT2D eigenvalue weighted by molar-refractivity contribution is 5.93. The number of amides is 4. The van der Waals surface area contributed by atoms with Gasteiger partial charge in [0.15, 0.2) is 0 Å². The first-order valence-corrected chi connectivity index (χ1v) is 17.8. The van der Waals surface area contributed by atoms with E-state index in [0.29, 0.717) is 12.2 Å². The molecule has 1 aromatic heterocycles. The van der Waals surface area contributed by atoms with Gasteiger partial charge in [0.05, 0.1) is 25.0 Å². The maximum absolute atomic E-state index is 14.6. The molecule has 1 aliphatic carbocycles. The summed E-state index contributed by atoms with van der Waals surface area (Å²) < 4.78 is 46.4. The molecule has 54 heavy (non-hydrogen) atoms. The van der Waals surface area contributed by atoms with E-state index in [1.165, 1.54) is 63.8 Å². The topological polar surface area (TPSA) is 136 Å². The fourth-order valence-electron chi connectivity index (χ4n) is 5.94. The highest BCUT2D eigenvalue weighted by atomic mass is 19.1. The minimum Gasteiger partial charge on any atom is -0.489 e. The van der Waals surface area contributed by atoms with Crippen LogP contribution in [0.4, 0.5) is 13.6 Å². The van der Waals surface area contributed by atoms with E-state index < -0.39 is 65.5 Å². The predicted octanol–water partition coefficient (Wildman–Crippen LogP) is 4.26. The number of aryl methyl sites for hydroxylation is 1. The van der Waals surface area contributed by atoms with E-state index in [1.54, 1.807) is 61.4 Å². The van der Waals surface area contributed by atoms with Crippen LogP contribution in [0, 0.1) is 23.6 Å². The molecule has 0 radical (unpaired) electrons. The zero-order valence-corrected chi connectivity index (χ0v) is 32.0. The van der Waals surface area contributed by atoms with Gasteiger partial charge in [0.2, 0.25) is 11.8 Å². The summed E-state index contributed by atoms with van der Waals surface area (Å²) >= 11 is 0. The number of carbonyl (C=O) groups is 4. The number of aromatic nitrogens is 2. The van der Waals surface area contributed by atoms with Crippen LogP contribution in [0.25, 0.3) is 0 Å². The van der Waals surface area contributed by atoms with Gasteiger partial charge >= 0.3 is 6.09 Å². The Kier molecular flexibility index (Phi) is 14.0. The molecule has 0 spiro atoms. The Hall–Kier alpha value is -5.23. The molecule has 1 aromatic carbocycles. The molecule has 13 nitrogen and oxygen atoms in total. The Morgan fingerprint density at radius 1 is 1.13 bits per heavy atom. The van der Waals surface area contributed by atoms with Crippen LogP contribution < -0.4 is 10.1 Å². The van der Waals surface area contributed by atoms with E-state index in [9.17, 15) is 28.0 Å². The van der Waals surface area contributed by atoms with Gasteiger partial charge in [-0.15, -0.1) is 0 Å². The molecule has 2 aromatic rings. The third kappa shape index (κ3) is 11.4. The quantitative estimate of drug-likeness (QED) is 0.283. The number of nitrogens with one attached hydrogen (secondary N) is 1. The molecule has 15 heteroatoms. The maximum Gasteiger partial charge on any atom is 0.410 e. The number of methoxy groups -OCH3 is 1. The van der Waals surface area contributed by atoms with E-state index in [0.717, 1.165) is 4.90 Å². The van der Waals surface area contributed by atoms with E-state index in [2.05, 4.69) is 22.1 Å². The number of ether oxygens (including phenoxy) is 3. The molecule has 2 heterocycles. The lowest BCUT2D eigenvalue weighted by Crippen LogP contribution is -2.59. The normalized spacial score (nSPS) is 19.7. The van der Waals surface area contributed by atoms with Crippen LogP contribution in [-0.2, 0) is 26.1 Å². The van der Waals surface area contributed by atoms with Gasteiger partial charge in [-0.05, 0) is 71.4 Å². The maximum atomic E-state index is 14.6. The number of halogens is 2. The average Bonchev–Trinajstić information content (AvgIpc) is 3.68. The van der Waals surface area contributed by atoms with Crippen molar-refractivity contribution in [3.05, 3.63) is 72.4 Å². The second-order valence-corrected chi connectivity index (χ2v) is 14.5. The molecular weight excluding hydrogens is 702 g/mol. The number of likely N-dealkylation sites (tertiary alicyclic amines) is 1. The Bertz CT molecular complexity index is 1780. The van der Waals surface area contributed by atoms with Crippen molar-refractivity contribution in [1.29, 1.82) is 0 Å². The van der Waals surface area contributed by atoms with Crippen molar-refractivity contribution >= 4 is 23.8 Å². The molecule has 2 aliphatic rings. The van der Waals surface area contributed by atoms with Crippen LogP contribution in [0.3, 0.4) is 0 Å². The third-order valence-electron chi connectivity index (χ3n) is 9.14. The van der Waals surface area contributed by atoms with Gasteiger partial charge in [0.1, 0.15) is 46.9 Å². The number of hydrogen-bond acceptors (Lipinski definition) is 8. The lowest BCUT2D eigenvalue weighted by Gasteiger charge is -2.35. The zero-order chi connectivity index (χ0) is 39.7. The highest BCUT2D eigenvalue weighted by Gasteiger charge is 2.43. The van der Waals surface area contributed by atoms with Gasteiger partial charge in [0.25, 0.3) is 5.91 Å². The van der Waals surface area contributed by atoms with Crippen LogP contribution in [0.15, 0.2) is 60.8 Å². The van der Waals surface area contributed by atoms with Crippen molar-refractivity contribution in [2.24, 2.45) is 13.0 Å². The van der Waals surface area contributed by atoms with Crippen molar-refractivity contribution in [1.82, 2.24) is 29.6 Å². The Morgan fingerprint density at radius 2 is 1.83 bits per heavy atom. The number of imidazole rings is 1. The molecule has 4 amide bonds. The summed E-state index contributed by atoms with van der Waals surface area (Å²) in [4.78, 5) is 63.4. The van der Waals surface area contributed by atoms with Gasteiger partial charge in [-0.2, -0.15) is 0 Å². The first kappa shape index (κ1) is 41.5. The summed E-state index contributed by atoms with van der Waals surface area (Å²) in [5.74, 6) is 3.36. The van der Waals surface area contributed by atoms with Crippen molar-refractivity contribution in [3.63, 3.8) is 0 Å². The molecule has 4 rings (SSSR count). The molecule has 1 unspecified atom stereocenters. The first-order chi connectivity index (χ1) is 25.4. The Balaban J connectivity index is 1.62. The predicted molar refractivity (Wildman–Crippen MR) is 196 cm³/mol. The molecule has 1 saturated heterocycles. The van der Waals surface area contributed by atoms with E-state index >= 15 is 0 Å². The number of rotatable bonds is 14. The molecule has 0 saturated carbocycles. The number of allylic oxidation sites excluding steroid dienone is 4. The zero-order valence-electron chi connectivity index (χ0n) is 32.0. The van der Waals surface area contributed by atoms with Crippen LogP contribution in [0.2, 0.25) is 0 Å². The molecule has 1 fully saturated rings. The van der Waals surface area contributed by atoms with Gasteiger partial charge in [0, 0.05) is 58.9 Å².